The number of allylic oxidation sites excluding steroid dienone is 2. The molecule has 1 aliphatic rings. The van der Waals surface area contributed by atoms with Gasteiger partial charge in [0.1, 0.15) is 5.69 Å². The van der Waals surface area contributed by atoms with Crippen molar-refractivity contribution in [2.45, 2.75) is 19.3 Å². The first-order valence-electron chi connectivity index (χ1n) is 6.53. The number of carbonyl (C=O) groups excluding carboxylic acids is 1. The van der Waals surface area contributed by atoms with Crippen LogP contribution in [-0.2, 0) is 4.79 Å². The number of hydrogen-bond donors (Lipinski definition) is 1. The van der Waals surface area contributed by atoms with Gasteiger partial charge in [0.15, 0.2) is 5.01 Å². The van der Waals surface area contributed by atoms with Crippen LogP contribution in [0, 0.1) is 5.92 Å². The Kier molecular flexibility index (Phi) is 3.83. The molecule has 0 saturated carbocycles. The Bertz CT molecular complexity index is 623. The fourth-order valence-electron chi connectivity index (χ4n) is 2.14. The SMILES string of the molecule is O=C(C[C@H]1C=CCC1)Nc1nnc(-c2ccccn2)s1. The van der Waals surface area contributed by atoms with Gasteiger partial charge in [0.05, 0.1) is 0 Å². The van der Waals surface area contributed by atoms with E-state index in [1.54, 1.807) is 6.20 Å². The zero-order chi connectivity index (χ0) is 13.8. The van der Waals surface area contributed by atoms with E-state index in [-0.39, 0.29) is 5.91 Å². The van der Waals surface area contributed by atoms with Crippen molar-refractivity contribution in [1.29, 1.82) is 0 Å². The topological polar surface area (TPSA) is 67.8 Å². The van der Waals surface area contributed by atoms with Crippen LogP contribution in [0.4, 0.5) is 5.13 Å². The van der Waals surface area contributed by atoms with Gasteiger partial charge >= 0.3 is 0 Å². The van der Waals surface area contributed by atoms with Gasteiger partial charge in [-0.2, -0.15) is 0 Å². The number of hydrogen-bond acceptors (Lipinski definition) is 5. The maximum Gasteiger partial charge on any atom is 0.226 e. The summed E-state index contributed by atoms with van der Waals surface area (Å²) in [4.78, 5) is 16.1. The van der Waals surface area contributed by atoms with Crippen molar-refractivity contribution in [3.63, 3.8) is 0 Å². The van der Waals surface area contributed by atoms with Gasteiger partial charge in [-0.1, -0.05) is 29.6 Å². The molecule has 0 bridgehead atoms. The number of rotatable bonds is 4. The minimum atomic E-state index is -0.00901. The van der Waals surface area contributed by atoms with Gasteiger partial charge in [-0.25, -0.2) is 0 Å². The van der Waals surface area contributed by atoms with E-state index in [1.807, 2.05) is 18.2 Å². The number of pyridine rings is 1. The minimum absolute atomic E-state index is 0.00901. The smallest absolute Gasteiger partial charge is 0.226 e. The highest BCUT2D eigenvalue weighted by molar-refractivity contribution is 7.18. The van der Waals surface area contributed by atoms with Crippen molar-refractivity contribution in [2.24, 2.45) is 5.92 Å². The van der Waals surface area contributed by atoms with E-state index in [9.17, 15) is 4.79 Å². The second kappa shape index (κ2) is 5.92. The van der Waals surface area contributed by atoms with Crippen molar-refractivity contribution in [1.82, 2.24) is 15.2 Å². The quantitative estimate of drug-likeness (QED) is 0.877. The van der Waals surface area contributed by atoms with Crippen LogP contribution < -0.4 is 5.32 Å². The molecule has 0 aliphatic heterocycles. The highest BCUT2D eigenvalue weighted by Gasteiger charge is 2.15. The summed E-state index contributed by atoms with van der Waals surface area (Å²) in [7, 11) is 0. The van der Waals surface area contributed by atoms with Crippen LogP contribution in [0.1, 0.15) is 19.3 Å². The molecule has 0 fully saturated rings. The Labute approximate surface area is 120 Å². The van der Waals surface area contributed by atoms with E-state index in [4.69, 9.17) is 0 Å². The molecule has 5 nitrogen and oxygen atoms in total. The monoisotopic (exact) mass is 286 g/mol. The number of nitrogens with one attached hydrogen (secondary N) is 1. The molecular weight excluding hydrogens is 272 g/mol. The Hall–Kier alpha value is -2.08. The summed E-state index contributed by atoms with van der Waals surface area (Å²) in [5.74, 6) is 0.350. The summed E-state index contributed by atoms with van der Waals surface area (Å²) in [6.07, 6.45) is 8.58. The fourth-order valence-corrected chi connectivity index (χ4v) is 2.88. The summed E-state index contributed by atoms with van der Waals surface area (Å²) < 4.78 is 0. The van der Waals surface area contributed by atoms with Crippen LogP contribution in [0.5, 0.6) is 0 Å². The van der Waals surface area contributed by atoms with Gasteiger partial charge in [-0.3, -0.25) is 9.78 Å². The summed E-state index contributed by atoms with van der Waals surface area (Å²) >= 11 is 1.34. The lowest BCUT2D eigenvalue weighted by atomic mass is 10.1. The van der Waals surface area contributed by atoms with Crippen LogP contribution in [-0.4, -0.2) is 21.1 Å². The van der Waals surface area contributed by atoms with Gasteiger partial charge in [-0.15, -0.1) is 10.2 Å². The molecule has 1 amide bonds. The van der Waals surface area contributed by atoms with Crippen LogP contribution in [0.3, 0.4) is 0 Å². The zero-order valence-electron chi connectivity index (χ0n) is 10.8. The lowest BCUT2D eigenvalue weighted by Gasteiger charge is -2.05. The molecule has 0 unspecified atom stereocenters. The highest BCUT2D eigenvalue weighted by Crippen LogP contribution is 2.25. The highest BCUT2D eigenvalue weighted by atomic mass is 32.1. The average molecular weight is 286 g/mol. The van der Waals surface area contributed by atoms with Gasteiger partial charge in [-0.05, 0) is 30.9 Å². The third-order valence-corrected chi connectivity index (χ3v) is 3.98. The van der Waals surface area contributed by atoms with Crippen molar-refractivity contribution < 1.29 is 4.79 Å². The van der Waals surface area contributed by atoms with Crippen LogP contribution >= 0.6 is 11.3 Å². The van der Waals surface area contributed by atoms with Gasteiger partial charge in [0.2, 0.25) is 11.0 Å². The second-order valence-corrected chi connectivity index (χ2v) is 5.62. The van der Waals surface area contributed by atoms with Crippen LogP contribution in [0.2, 0.25) is 0 Å². The van der Waals surface area contributed by atoms with Gasteiger partial charge < -0.3 is 5.32 Å². The Morgan fingerprint density at radius 2 is 2.35 bits per heavy atom. The fraction of sp³-hybridized carbons (Fsp3) is 0.286. The third-order valence-electron chi connectivity index (χ3n) is 3.12. The average Bonchev–Trinajstić information content (AvgIpc) is 3.11. The van der Waals surface area contributed by atoms with E-state index < -0.39 is 0 Å². The predicted molar refractivity (Wildman–Crippen MR) is 78.3 cm³/mol. The van der Waals surface area contributed by atoms with E-state index in [2.05, 4.69) is 32.7 Å². The Balaban J connectivity index is 1.62. The molecule has 20 heavy (non-hydrogen) atoms. The standard InChI is InChI=1S/C14H14N4OS/c19-12(9-10-5-1-2-6-10)16-14-18-17-13(20-14)11-7-3-4-8-15-11/h1,3-5,7-8,10H,2,6,9H2,(H,16,18,19)/t10-/m0/s1. The number of carbonyl (C=O) groups is 1. The lowest BCUT2D eigenvalue weighted by molar-refractivity contribution is -0.116. The molecule has 0 radical (unpaired) electrons. The molecule has 0 saturated heterocycles. The molecule has 1 atom stereocenters. The maximum absolute atomic E-state index is 11.9. The molecule has 102 valence electrons. The van der Waals surface area contributed by atoms with Crippen molar-refractivity contribution in [3.05, 3.63) is 36.5 Å². The van der Waals surface area contributed by atoms with E-state index in [1.165, 1.54) is 11.3 Å². The van der Waals surface area contributed by atoms with E-state index in [0.717, 1.165) is 18.5 Å². The van der Waals surface area contributed by atoms with Gasteiger partial charge in [0, 0.05) is 12.6 Å². The lowest BCUT2D eigenvalue weighted by Crippen LogP contribution is -2.14. The Morgan fingerprint density at radius 3 is 3.10 bits per heavy atom. The van der Waals surface area contributed by atoms with E-state index >= 15 is 0 Å². The first kappa shape index (κ1) is 12.9. The first-order chi connectivity index (χ1) is 9.81. The molecule has 0 spiro atoms. The predicted octanol–water partition coefficient (Wildman–Crippen LogP) is 2.89. The number of anilines is 1. The summed E-state index contributed by atoms with van der Waals surface area (Å²) in [5.41, 5.74) is 0.768. The van der Waals surface area contributed by atoms with Gasteiger partial charge in [0.25, 0.3) is 0 Å². The largest absolute Gasteiger partial charge is 0.301 e. The molecule has 1 aliphatic carbocycles. The first-order valence-corrected chi connectivity index (χ1v) is 7.34. The van der Waals surface area contributed by atoms with E-state index in [0.29, 0.717) is 22.5 Å². The molecule has 2 aromatic rings. The summed E-state index contributed by atoms with van der Waals surface area (Å²) in [6.45, 7) is 0. The second-order valence-electron chi connectivity index (χ2n) is 4.65. The molecule has 2 heterocycles. The number of nitrogens with zero attached hydrogens (tertiary/aromatic N) is 3. The maximum atomic E-state index is 11.9. The molecule has 6 heteroatoms. The van der Waals surface area contributed by atoms with Crippen molar-refractivity contribution >= 4 is 22.4 Å². The number of amides is 1. The van der Waals surface area contributed by atoms with Crippen molar-refractivity contribution in [2.75, 3.05) is 5.32 Å². The van der Waals surface area contributed by atoms with Crippen LogP contribution in [0.25, 0.3) is 10.7 Å². The van der Waals surface area contributed by atoms with Crippen LogP contribution in [0.15, 0.2) is 36.5 Å². The molecule has 2 aromatic heterocycles. The zero-order valence-corrected chi connectivity index (χ0v) is 11.6. The molecule has 0 aromatic carbocycles. The molecule has 3 rings (SSSR count). The molecular formula is C14H14N4OS. The summed E-state index contributed by atoms with van der Waals surface area (Å²) in [5, 5.41) is 12.1. The Morgan fingerprint density at radius 1 is 1.40 bits per heavy atom. The molecule has 1 N–H and O–H groups in total. The summed E-state index contributed by atoms with van der Waals surface area (Å²) in [6, 6.07) is 5.62. The normalized spacial score (nSPS) is 17.3. The number of aromatic nitrogens is 3. The third kappa shape index (κ3) is 3.08. The minimum Gasteiger partial charge on any atom is -0.301 e. The van der Waals surface area contributed by atoms with Crippen molar-refractivity contribution in [3.8, 4) is 10.7 Å².